The summed E-state index contributed by atoms with van der Waals surface area (Å²) >= 11 is 0. The van der Waals surface area contributed by atoms with Gasteiger partial charge >= 0.3 is 0 Å². The van der Waals surface area contributed by atoms with Crippen molar-refractivity contribution in [1.82, 2.24) is 0 Å². The molecule has 3 aliphatic rings. The van der Waals surface area contributed by atoms with Gasteiger partial charge < -0.3 is 0 Å². The molecule has 2 heteroatoms. The van der Waals surface area contributed by atoms with Crippen LogP contribution < -0.4 is 0 Å². The summed E-state index contributed by atoms with van der Waals surface area (Å²) in [6.45, 7) is 10.9. The van der Waals surface area contributed by atoms with Gasteiger partial charge in [-0.2, -0.15) is 5.26 Å². The average Bonchev–Trinajstić information content (AvgIpc) is 3.25. The number of nitriles is 1. The Labute approximate surface area is 322 Å². The predicted octanol–water partition coefficient (Wildman–Crippen LogP) is 14.1. The van der Waals surface area contributed by atoms with Crippen LogP contribution in [0.5, 0.6) is 0 Å². The Morgan fingerprint density at radius 2 is 1.43 bits per heavy atom. The molecule has 4 aromatic rings. The predicted molar refractivity (Wildman–Crippen MR) is 231 cm³/mol. The van der Waals surface area contributed by atoms with E-state index in [4.69, 9.17) is 4.99 Å². The van der Waals surface area contributed by atoms with Crippen molar-refractivity contribution in [2.45, 2.75) is 58.3 Å². The van der Waals surface area contributed by atoms with E-state index in [1.54, 1.807) is 0 Å². The highest BCUT2D eigenvalue weighted by Gasteiger charge is 2.20. The highest BCUT2D eigenvalue weighted by molar-refractivity contribution is 6.10. The van der Waals surface area contributed by atoms with Gasteiger partial charge in [-0.25, -0.2) is 4.99 Å². The second-order valence-electron chi connectivity index (χ2n) is 14.5. The van der Waals surface area contributed by atoms with Gasteiger partial charge in [-0.05, 0) is 131 Å². The first-order valence-electron chi connectivity index (χ1n) is 19.4. The Morgan fingerprint density at radius 3 is 2.07 bits per heavy atom. The summed E-state index contributed by atoms with van der Waals surface area (Å²) in [5.41, 5.74) is 16.0. The largest absolute Gasteiger partial charge is 0.248 e. The lowest BCUT2D eigenvalue weighted by Crippen LogP contribution is -2.05. The zero-order chi connectivity index (χ0) is 37.3. The number of hydrogen-bond donors (Lipinski definition) is 0. The molecule has 0 aliphatic heterocycles. The molecule has 4 aromatic carbocycles. The highest BCUT2D eigenvalue weighted by atomic mass is 14.8. The molecule has 0 amide bonds. The molecule has 7 rings (SSSR count). The topological polar surface area (TPSA) is 36.1 Å². The molecule has 0 saturated heterocycles. The molecule has 0 bridgehead atoms. The third-order valence-electron chi connectivity index (χ3n) is 10.9. The minimum atomic E-state index is 0.0367. The molecular weight excluding hydrogens is 653 g/mol. The summed E-state index contributed by atoms with van der Waals surface area (Å²) in [5.74, 6) is 0.0367. The second-order valence-corrected chi connectivity index (χ2v) is 14.5. The van der Waals surface area contributed by atoms with E-state index >= 15 is 0 Å². The molecule has 54 heavy (non-hydrogen) atoms. The maximum Gasteiger partial charge on any atom is 0.100 e. The van der Waals surface area contributed by atoms with Gasteiger partial charge in [-0.1, -0.05) is 141 Å². The van der Waals surface area contributed by atoms with Gasteiger partial charge in [0.25, 0.3) is 0 Å². The Balaban J connectivity index is 1.36. The summed E-state index contributed by atoms with van der Waals surface area (Å²) in [5, 5.41) is 11.0. The minimum absolute atomic E-state index is 0.0367. The Bertz CT molecular complexity index is 2310. The Hall–Kier alpha value is -6.04. The van der Waals surface area contributed by atoms with Crippen molar-refractivity contribution in [1.29, 1.82) is 5.26 Å². The third kappa shape index (κ3) is 8.27. The third-order valence-corrected chi connectivity index (χ3v) is 10.9. The summed E-state index contributed by atoms with van der Waals surface area (Å²) in [6, 6.07) is 36.8. The van der Waals surface area contributed by atoms with Crippen LogP contribution in [0.1, 0.15) is 80.5 Å². The minimum Gasteiger partial charge on any atom is -0.248 e. The summed E-state index contributed by atoms with van der Waals surface area (Å²) in [4.78, 5) is 5.32. The van der Waals surface area contributed by atoms with E-state index in [0.717, 1.165) is 88.9 Å². The summed E-state index contributed by atoms with van der Waals surface area (Å²) in [6.07, 6.45) is 25.8. The maximum atomic E-state index is 11.0. The quantitative estimate of drug-likeness (QED) is 0.143. The fourth-order valence-electron chi connectivity index (χ4n) is 7.80. The van der Waals surface area contributed by atoms with Gasteiger partial charge in [-0.15, -0.1) is 0 Å². The first kappa shape index (κ1) is 36.3. The summed E-state index contributed by atoms with van der Waals surface area (Å²) < 4.78 is 0. The van der Waals surface area contributed by atoms with Crippen LogP contribution in [0.4, 0.5) is 0 Å². The first-order valence-corrected chi connectivity index (χ1v) is 19.4. The van der Waals surface area contributed by atoms with Gasteiger partial charge in [0.2, 0.25) is 0 Å². The van der Waals surface area contributed by atoms with Crippen LogP contribution >= 0.6 is 0 Å². The van der Waals surface area contributed by atoms with Crippen LogP contribution in [0, 0.1) is 17.2 Å². The number of hydrogen-bond acceptors (Lipinski definition) is 2. The van der Waals surface area contributed by atoms with Crippen LogP contribution in [0.25, 0.3) is 39.1 Å². The van der Waals surface area contributed by atoms with Crippen LogP contribution in [0.3, 0.4) is 0 Å². The molecule has 0 heterocycles. The first-order chi connectivity index (χ1) is 26.5. The van der Waals surface area contributed by atoms with Crippen LogP contribution in [0.2, 0.25) is 0 Å². The van der Waals surface area contributed by atoms with Crippen molar-refractivity contribution in [3.8, 4) is 28.3 Å². The van der Waals surface area contributed by atoms with E-state index in [9.17, 15) is 5.26 Å². The lowest BCUT2D eigenvalue weighted by atomic mass is 9.85. The van der Waals surface area contributed by atoms with E-state index in [0.29, 0.717) is 5.56 Å². The molecular formula is C52H48N2. The molecule has 266 valence electrons. The Kier molecular flexibility index (Phi) is 11.6. The maximum absolute atomic E-state index is 11.0. The van der Waals surface area contributed by atoms with Crippen molar-refractivity contribution in [2.24, 2.45) is 10.9 Å². The van der Waals surface area contributed by atoms with E-state index in [2.05, 4.69) is 160 Å². The fraction of sp³-hybridized carbons (Fsp3) is 0.192. The van der Waals surface area contributed by atoms with E-state index in [1.807, 2.05) is 12.1 Å². The molecule has 0 spiro atoms. The molecule has 0 fully saturated rings. The van der Waals surface area contributed by atoms with Crippen molar-refractivity contribution in [3.63, 3.8) is 0 Å². The van der Waals surface area contributed by atoms with Crippen LogP contribution in [0.15, 0.2) is 181 Å². The standard InChI is InChI=1S/C52H48N2/c1-4-51(44-24-15-8-16-25-44)54-52(32-37(2)38(3)39-18-9-5-10-19-39)49-27-17-26-48(50(49)36-53)47-34-45(41-22-13-7-14-23-41)33-46(35-47)43-30-28-42(29-31-43)40-20-11-6-12-21-40/h4,6-8,11-15,17-18,20-24,26-28,30,32-35,37H,1,3,5,9-10,16,19,25,29,31H2,2H3. The van der Waals surface area contributed by atoms with Crippen molar-refractivity contribution in [2.75, 3.05) is 0 Å². The second kappa shape index (κ2) is 17.2. The lowest BCUT2D eigenvalue weighted by molar-refractivity contribution is 0.691. The van der Waals surface area contributed by atoms with Crippen molar-refractivity contribution < 1.29 is 0 Å². The highest BCUT2D eigenvalue weighted by Crippen LogP contribution is 2.39. The molecule has 0 aromatic heterocycles. The lowest BCUT2D eigenvalue weighted by Gasteiger charge is -2.20. The van der Waals surface area contributed by atoms with Gasteiger partial charge in [0.05, 0.1) is 17.0 Å². The number of nitrogens with zero attached hydrogens (tertiary/aromatic N) is 2. The fourth-order valence-corrected chi connectivity index (χ4v) is 7.80. The molecule has 1 atom stereocenters. The molecule has 0 radical (unpaired) electrons. The molecule has 0 N–H and O–H groups in total. The summed E-state index contributed by atoms with van der Waals surface area (Å²) in [7, 11) is 0. The van der Waals surface area contributed by atoms with Crippen LogP contribution in [-0.4, -0.2) is 5.71 Å². The average molecular weight is 701 g/mol. The van der Waals surface area contributed by atoms with Crippen LogP contribution in [-0.2, 0) is 0 Å². The van der Waals surface area contributed by atoms with Gasteiger partial charge in [0.15, 0.2) is 0 Å². The normalized spacial score (nSPS) is 16.7. The number of allylic oxidation sites excluding steroid dienone is 13. The smallest absolute Gasteiger partial charge is 0.100 e. The number of aliphatic imine (C=N–C) groups is 1. The van der Waals surface area contributed by atoms with Crippen molar-refractivity contribution in [3.05, 3.63) is 198 Å². The number of benzene rings is 4. The zero-order valence-corrected chi connectivity index (χ0v) is 31.4. The van der Waals surface area contributed by atoms with E-state index in [-0.39, 0.29) is 5.92 Å². The monoisotopic (exact) mass is 700 g/mol. The van der Waals surface area contributed by atoms with Gasteiger partial charge in [-0.3, -0.25) is 0 Å². The zero-order valence-electron chi connectivity index (χ0n) is 31.4. The molecule has 2 nitrogen and oxygen atoms in total. The molecule has 0 saturated carbocycles. The molecule has 1 unspecified atom stereocenters. The van der Waals surface area contributed by atoms with Crippen molar-refractivity contribution >= 4 is 22.6 Å². The Morgan fingerprint density at radius 1 is 0.722 bits per heavy atom. The number of rotatable bonds is 11. The van der Waals surface area contributed by atoms with Gasteiger partial charge in [0.1, 0.15) is 6.07 Å². The molecule has 3 aliphatic carbocycles. The van der Waals surface area contributed by atoms with E-state index < -0.39 is 0 Å². The SMILES string of the molecule is C=CC(=NC(=CC(C)C(=C)C1=CCCCC1)c1cccc(-c2cc(C3=CC=C(c4ccccc4)CC3)cc(-c3ccccc3)c2)c1C#N)C1=CC=CCC1. The van der Waals surface area contributed by atoms with Gasteiger partial charge in [0, 0.05) is 17.0 Å². The van der Waals surface area contributed by atoms with E-state index in [1.165, 1.54) is 40.7 Å².